The van der Waals surface area contributed by atoms with E-state index >= 15 is 0 Å². The van der Waals surface area contributed by atoms with Crippen LogP contribution in [0.2, 0.25) is 0 Å². The van der Waals surface area contributed by atoms with Crippen LogP contribution in [0.5, 0.6) is 5.75 Å². The summed E-state index contributed by atoms with van der Waals surface area (Å²) in [6.45, 7) is 1.45. The van der Waals surface area contributed by atoms with Crippen molar-refractivity contribution in [2.24, 2.45) is 0 Å². The summed E-state index contributed by atoms with van der Waals surface area (Å²) in [5.41, 5.74) is -1.01. The smallest absolute Gasteiger partial charge is 0.411 e. The van der Waals surface area contributed by atoms with Crippen molar-refractivity contribution in [2.75, 3.05) is 7.11 Å². The van der Waals surface area contributed by atoms with Gasteiger partial charge in [-0.3, -0.25) is 10.1 Å². The van der Waals surface area contributed by atoms with Gasteiger partial charge in [-0.2, -0.15) is 0 Å². The first-order valence-corrected chi connectivity index (χ1v) is 5.70. The van der Waals surface area contributed by atoms with Crippen molar-refractivity contribution in [3.8, 4) is 5.75 Å². The van der Waals surface area contributed by atoms with Gasteiger partial charge in [0.2, 0.25) is 11.6 Å². The number of carbonyl (C=O) groups excluding carboxylic acids is 1. The average molecular weight is 279 g/mol. The Morgan fingerprint density at radius 3 is 2.45 bits per heavy atom. The summed E-state index contributed by atoms with van der Waals surface area (Å²) in [7, 11) is 1.51. The Hall–Kier alpha value is -2.70. The molecule has 1 atom stereocenters. The largest absolute Gasteiger partial charge is 0.501 e. The molecule has 1 unspecified atom stereocenters. The normalized spacial score (nSPS) is 21.6. The molecule has 3 N–H and O–H groups in total. The van der Waals surface area contributed by atoms with Crippen molar-refractivity contribution in [1.29, 1.82) is 0 Å². The predicted molar refractivity (Wildman–Crippen MR) is 67.3 cm³/mol. The monoisotopic (exact) mass is 279 g/mol. The predicted octanol–water partition coefficient (Wildman–Crippen LogP) is 1.50. The molecule has 0 saturated carbocycles. The van der Waals surface area contributed by atoms with Gasteiger partial charge in [-0.05, 0) is 19.1 Å². The molecule has 0 aromatic heterocycles. The van der Waals surface area contributed by atoms with Gasteiger partial charge in [-0.1, -0.05) is 12.1 Å². The molecule has 20 heavy (non-hydrogen) atoms. The fourth-order valence-electron chi connectivity index (χ4n) is 1.91. The van der Waals surface area contributed by atoms with Crippen LogP contribution in [-0.2, 0) is 15.1 Å². The maximum atomic E-state index is 12.1. The van der Waals surface area contributed by atoms with E-state index in [2.05, 4.69) is 0 Å². The molecular weight excluding hydrogens is 266 g/mol. The minimum absolute atomic E-state index is 0.469. The number of ether oxygens (including phenoxy) is 2. The molecule has 106 valence electrons. The van der Waals surface area contributed by atoms with E-state index < -0.39 is 29.1 Å². The summed E-state index contributed by atoms with van der Waals surface area (Å²) in [5.74, 6) is -1.33. The summed E-state index contributed by atoms with van der Waals surface area (Å²) < 4.78 is 10.3. The molecule has 7 heteroatoms. The van der Waals surface area contributed by atoms with Crippen LogP contribution in [0.15, 0.2) is 35.9 Å². The topological polar surface area (TPSA) is 105 Å². The molecule has 0 saturated heterocycles. The van der Waals surface area contributed by atoms with E-state index in [1.54, 1.807) is 24.3 Å². The Balaban J connectivity index is 2.32. The third-order valence-electron chi connectivity index (χ3n) is 3.03. The van der Waals surface area contributed by atoms with Crippen LogP contribution < -0.4 is 10.1 Å². The quantitative estimate of drug-likeness (QED) is 0.774. The van der Waals surface area contributed by atoms with E-state index in [1.165, 1.54) is 14.0 Å². The number of hydrogen-bond donors (Lipinski definition) is 3. The zero-order valence-corrected chi connectivity index (χ0v) is 10.8. The van der Waals surface area contributed by atoms with Crippen LogP contribution >= 0.6 is 0 Å². The van der Waals surface area contributed by atoms with E-state index in [0.717, 1.165) is 0 Å². The van der Waals surface area contributed by atoms with E-state index in [1.807, 2.05) is 5.32 Å². The second-order valence-electron chi connectivity index (χ2n) is 4.30. The van der Waals surface area contributed by atoms with Crippen LogP contribution in [0.3, 0.4) is 0 Å². The highest BCUT2D eigenvalue weighted by molar-refractivity contribution is 6.03. The number of methoxy groups -OCH3 is 1. The molecule has 7 nitrogen and oxygen atoms in total. The second-order valence-corrected chi connectivity index (χ2v) is 4.30. The third-order valence-corrected chi connectivity index (χ3v) is 3.03. The molecular formula is C13H13NO6. The summed E-state index contributed by atoms with van der Waals surface area (Å²) in [4.78, 5) is 22.7. The van der Waals surface area contributed by atoms with Gasteiger partial charge in [0.1, 0.15) is 5.75 Å². The Bertz CT molecular complexity index is 591. The minimum Gasteiger partial charge on any atom is -0.501 e. The Morgan fingerprint density at radius 2 is 1.95 bits per heavy atom. The Morgan fingerprint density at radius 1 is 1.35 bits per heavy atom. The summed E-state index contributed by atoms with van der Waals surface area (Å²) >= 11 is 0. The average Bonchev–Trinajstić information content (AvgIpc) is 2.64. The number of carboxylic acid groups (broad SMARTS) is 1. The second kappa shape index (κ2) is 4.76. The molecule has 2 rings (SSSR count). The lowest BCUT2D eigenvalue weighted by Gasteiger charge is -2.23. The van der Waals surface area contributed by atoms with Gasteiger partial charge in [0.15, 0.2) is 5.60 Å². The molecule has 1 aromatic carbocycles. The van der Waals surface area contributed by atoms with E-state index in [0.29, 0.717) is 11.3 Å². The highest BCUT2D eigenvalue weighted by Crippen LogP contribution is 2.37. The van der Waals surface area contributed by atoms with Gasteiger partial charge in [-0.15, -0.1) is 0 Å². The number of aliphatic hydroxyl groups excluding tert-OH is 1. The SMILES string of the molecule is COc1ccc(C2(C)OC(NC(=O)O)=C(O)C2=O)cc1. The van der Waals surface area contributed by atoms with Crippen LogP contribution in [0.4, 0.5) is 4.79 Å². The summed E-state index contributed by atoms with van der Waals surface area (Å²) in [6, 6.07) is 6.48. The van der Waals surface area contributed by atoms with Gasteiger partial charge in [0.05, 0.1) is 7.11 Å². The summed E-state index contributed by atoms with van der Waals surface area (Å²) in [5, 5.41) is 20.1. The van der Waals surface area contributed by atoms with Crippen molar-refractivity contribution < 1.29 is 29.3 Å². The van der Waals surface area contributed by atoms with Gasteiger partial charge >= 0.3 is 6.09 Å². The lowest BCUT2D eigenvalue weighted by molar-refractivity contribution is -0.131. The Kier molecular flexibility index (Phi) is 3.27. The molecule has 0 aliphatic carbocycles. The number of ketones is 1. The third kappa shape index (κ3) is 2.13. The maximum Gasteiger partial charge on any atom is 0.411 e. The van der Waals surface area contributed by atoms with Crippen LogP contribution in [0.1, 0.15) is 12.5 Å². The zero-order chi connectivity index (χ0) is 14.9. The van der Waals surface area contributed by atoms with E-state index in [4.69, 9.17) is 14.6 Å². The molecule has 1 aliphatic heterocycles. The van der Waals surface area contributed by atoms with Crippen LogP contribution in [0, 0.1) is 0 Å². The molecule has 1 amide bonds. The highest BCUT2D eigenvalue weighted by Gasteiger charge is 2.48. The molecule has 1 heterocycles. The first kappa shape index (κ1) is 13.7. The van der Waals surface area contributed by atoms with Crippen molar-refractivity contribution in [2.45, 2.75) is 12.5 Å². The van der Waals surface area contributed by atoms with Gasteiger partial charge < -0.3 is 19.7 Å². The van der Waals surface area contributed by atoms with Gasteiger partial charge in [0, 0.05) is 5.56 Å². The lowest BCUT2D eigenvalue weighted by Crippen LogP contribution is -2.32. The van der Waals surface area contributed by atoms with Gasteiger partial charge in [0.25, 0.3) is 5.78 Å². The number of rotatable bonds is 3. The summed E-state index contributed by atoms with van der Waals surface area (Å²) in [6.07, 6.45) is -1.43. The van der Waals surface area contributed by atoms with Crippen molar-refractivity contribution in [1.82, 2.24) is 5.32 Å². The van der Waals surface area contributed by atoms with Crippen molar-refractivity contribution in [3.05, 3.63) is 41.5 Å². The lowest BCUT2D eigenvalue weighted by atomic mass is 9.91. The van der Waals surface area contributed by atoms with Crippen molar-refractivity contribution in [3.63, 3.8) is 0 Å². The van der Waals surface area contributed by atoms with Crippen molar-refractivity contribution >= 4 is 11.9 Å². The van der Waals surface area contributed by atoms with Crippen LogP contribution in [0.25, 0.3) is 0 Å². The number of carbonyl (C=O) groups is 2. The number of benzene rings is 1. The molecule has 1 aromatic rings. The maximum absolute atomic E-state index is 12.1. The van der Waals surface area contributed by atoms with E-state index in [9.17, 15) is 14.7 Å². The molecule has 0 spiro atoms. The van der Waals surface area contributed by atoms with E-state index in [-0.39, 0.29) is 0 Å². The van der Waals surface area contributed by atoms with Crippen LogP contribution in [-0.4, -0.2) is 29.2 Å². The molecule has 0 bridgehead atoms. The minimum atomic E-state index is -1.48. The zero-order valence-electron chi connectivity index (χ0n) is 10.8. The first-order chi connectivity index (χ1) is 9.38. The number of amides is 1. The Labute approximate surface area is 114 Å². The first-order valence-electron chi connectivity index (χ1n) is 5.70. The standard InChI is InChI=1S/C13H13NO6/c1-13(7-3-5-8(19-2)6-4-7)10(16)9(15)11(20-13)14-12(17)18/h3-6,14-15H,1-2H3,(H,17,18). The number of aliphatic hydroxyl groups is 1. The molecule has 0 fully saturated rings. The molecule has 1 aliphatic rings. The number of hydrogen-bond acceptors (Lipinski definition) is 5. The number of Topliss-reactive ketones (excluding diaryl/α,β-unsaturated/α-hetero) is 1. The van der Waals surface area contributed by atoms with Gasteiger partial charge in [-0.25, -0.2) is 4.79 Å². The number of nitrogens with one attached hydrogen (secondary N) is 1. The molecule has 0 radical (unpaired) electrons. The highest BCUT2D eigenvalue weighted by atomic mass is 16.5. The fourth-order valence-corrected chi connectivity index (χ4v) is 1.91. The fraction of sp³-hybridized carbons (Fsp3) is 0.231.